The lowest BCUT2D eigenvalue weighted by Crippen LogP contribution is -2.32. The molecule has 1 saturated carbocycles. The van der Waals surface area contributed by atoms with Crippen molar-refractivity contribution in [1.82, 2.24) is 0 Å². The highest BCUT2D eigenvalue weighted by Gasteiger charge is 2.30. The number of aliphatic hydroxyl groups is 1. The van der Waals surface area contributed by atoms with Crippen LogP contribution < -0.4 is 5.73 Å². The molecule has 0 aromatic heterocycles. The van der Waals surface area contributed by atoms with Crippen molar-refractivity contribution in [3.63, 3.8) is 0 Å². The van der Waals surface area contributed by atoms with Gasteiger partial charge in [-0.05, 0) is 24.8 Å². The number of halogens is 3. The van der Waals surface area contributed by atoms with Crippen LogP contribution in [0.15, 0.2) is 18.2 Å². The molecule has 1 fully saturated rings. The third-order valence-electron chi connectivity index (χ3n) is 3.59. The van der Waals surface area contributed by atoms with Gasteiger partial charge in [0.2, 0.25) is 0 Å². The summed E-state index contributed by atoms with van der Waals surface area (Å²) in [5.74, 6) is -0.331. The van der Waals surface area contributed by atoms with Crippen LogP contribution in [0.2, 0.25) is 5.02 Å². The number of aliphatic hydroxyl groups excluding tert-OH is 1. The molecule has 2 nitrogen and oxygen atoms in total. The van der Waals surface area contributed by atoms with Crippen LogP contribution in [0, 0.1) is 11.7 Å². The average molecular weight is 294 g/mol. The first-order chi connectivity index (χ1) is 8.11. The van der Waals surface area contributed by atoms with E-state index in [0.717, 1.165) is 25.7 Å². The Morgan fingerprint density at radius 2 is 1.94 bits per heavy atom. The van der Waals surface area contributed by atoms with Crippen LogP contribution in [-0.2, 0) is 0 Å². The summed E-state index contributed by atoms with van der Waals surface area (Å²) in [6.07, 6.45) is 3.48. The van der Waals surface area contributed by atoms with Crippen molar-refractivity contribution in [2.45, 2.75) is 37.8 Å². The molecule has 1 aliphatic rings. The molecule has 0 radical (unpaired) electrons. The quantitative estimate of drug-likeness (QED) is 0.897. The Morgan fingerprint density at radius 1 is 1.33 bits per heavy atom. The highest BCUT2D eigenvalue weighted by atomic mass is 35.5. The summed E-state index contributed by atoms with van der Waals surface area (Å²) in [6, 6.07) is 4.03. The molecule has 1 aromatic carbocycles. The molecule has 5 heteroatoms. The van der Waals surface area contributed by atoms with E-state index in [4.69, 9.17) is 17.3 Å². The van der Waals surface area contributed by atoms with Crippen molar-refractivity contribution in [2.75, 3.05) is 0 Å². The van der Waals surface area contributed by atoms with E-state index in [1.54, 1.807) is 12.1 Å². The van der Waals surface area contributed by atoms with Gasteiger partial charge in [0.05, 0.1) is 17.2 Å². The van der Waals surface area contributed by atoms with Crippen LogP contribution in [0.25, 0.3) is 0 Å². The van der Waals surface area contributed by atoms with Crippen LogP contribution in [0.1, 0.15) is 37.3 Å². The summed E-state index contributed by atoms with van der Waals surface area (Å²) < 4.78 is 13.8. The van der Waals surface area contributed by atoms with E-state index in [9.17, 15) is 9.50 Å². The number of benzene rings is 1. The van der Waals surface area contributed by atoms with Gasteiger partial charge >= 0.3 is 0 Å². The predicted molar refractivity (Wildman–Crippen MR) is 73.6 cm³/mol. The Labute approximate surface area is 118 Å². The summed E-state index contributed by atoms with van der Waals surface area (Å²) in [5, 5.41) is 10.2. The van der Waals surface area contributed by atoms with Gasteiger partial charge in [0.1, 0.15) is 5.82 Å². The highest BCUT2D eigenvalue weighted by Crippen LogP contribution is 2.34. The third-order valence-corrected chi connectivity index (χ3v) is 3.88. The number of rotatable bonds is 3. The smallest absolute Gasteiger partial charge is 0.146 e. The monoisotopic (exact) mass is 293 g/mol. The fourth-order valence-corrected chi connectivity index (χ4v) is 2.74. The van der Waals surface area contributed by atoms with E-state index < -0.39 is 18.0 Å². The van der Waals surface area contributed by atoms with Crippen molar-refractivity contribution < 1.29 is 9.50 Å². The summed E-state index contributed by atoms with van der Waals surface area (Å²) in [7, 11) is 0. The third kappa shape index (κ3) is 3.15. The number of nitrogens with two attached hydrogens (primary N) is 1. The van der Waals surface area contributed by atoms with Gasteiger partial charge in [-0.15, -0.1) is 12.4 Å². The molecule has 2 atom stereocenters. The first-order valence-electron chi connectivity index (χ1n) is 5.99. The van der Waals surface area contributed by atoms with Crippen LogP contribution in [-0.4, -0.2) is 11.2 Å². The molecule has 102 valence electrons. The molecule has 0 heterocycles. The second-order valence-corrected chi connectivity index (χ2v) is 5.11. The molecule has 1 aliphatic carbocycles. The maximum absolute atomic E-state index is 13.8. The van der Waals surface area contributed by atoms with Crippen LogP contribution in [0.4, 0.5) is 4.39 Å². The molecule has 2 rings (SSSR count). The molecule has 0 amide bonds. The lowest BCUT2D eigenvalue weighted by atomic mass is 9.91. The van der Waals surface area contributed by atoms with E-state index in [-0.39, 0.29) is 23.3 Å². The first kappa shape index (κ1) is 15.7. The van der Waals surface area contributed by atoms with Crippen LogP contribution in [0.3, 0.4) is 0 Å². The molecule has 18 heavy (non-hydrogen) atoms. The van der Waals surface area contributed by atoms with Gasteiger partial charge < -0.3 is 10.8 Å². The van der Waals surface area contributed by atoms with Gasteiger partial charge in [-0.3, -0.25) is 0 Å². The standard InChI is InChI=1S/C13H17ClFNO.ClH/c14-10-7-3-6-9(11(10)15)12(16)13(17)8-4-1-2-5-8;/h3,6-8,12-13,17H,1-2,4-5,16H2;1H/t12-,13+;/m0./s1. The van der Waals surface area contributed by atoms with Gasteiger partial charge in [-0.25, -0.2) is 4.39 Å². The number of hydrogen-bond donors (Lipinski definition) is 2. The molecular formula is C13H18Cl2FNO. The minimum atomic E-state index is -0.697. The fraction of sp³-hybridized carbons (Fsp3) is 0.538. The molecular weight excluding hydrogens is 276 g/mol. The molecule has 0 unspecified atom stereocenters. The molecule has 0 aliphatic heterocycles. The SMILES string of the molecule is Cl.N[C@@H](c1cccc(Cl)c1F)[C@H](O)C1CCCC1. The molecule has 0 spiro atoms. The second-order valence-electron chi connectivity index (χ2n) is 4.70. The Balaban J connectivity index is 0.00000162. The molecule has 0 bridgehead atoms. The summed E-state index contributed by atoms with van der Waals surface area (Å²) in [5.41, 5.74) is 6.24. The summed E-state index contributed by atoms with van der Waals surface area (Å²) in [4.78, 5) is 0. The average Bonchev–Trinajstić information content (AvgIpc) is 2.84. The van der Waals surface area contributed by atoms with Gasteiger partial charge in [-0.2, -0.15) is 0 Å². The normalized spacial score (nSPS) is 19.3. The first-order valence-corrected chi connectivity index (χ1v) is 6.36. The maximum atomic E-state index is 13.8. The van der Waals surface area contributed by atoms with E-state index >= 15 is 0 Å². The Hall–Kier alpha value is -0.350. The van der Waals surface area contributed by atoms with Crippen molar-refractivity contribution in [3.05, 3.63) is 34.6 Å². The van der Waals surface area contributed by atoms with E-state index in [1.165, 1.54) is 6.07 Å². The van der Waals surface area contributed by atoms with Crippen molar-refractivity contribution in [1.29, 1.82) is 0 Å². The minimum absolute atomic E-state index is 0. The summed E-state index contributed by atoms with van der Waals surface area (Å²) in [6.45, 7) is 0. The Bertz CT molecular complexity index is 397. The van der Waals surface area contributed by atoms with E-state index in [2.05, 4.69) is 0 Å². The highest BCUT2D eigenvalue weighted by molar-refractivity contribution is 6.30. The largest absolute Gasteiger partial charge is 0.391 e. The van der Waals surface area contributed by atoms with Gasteiger partial charge in [-0.1, -0.05) is 36.6 Å². The lowest BCUT2D eigenvalue weighted by molar-refractivity contribution is 0.0833. The maximum Gasteiger partial charge on any atom is 0.146 e. The zero-order chi connectivity index (χ0) is 12.4. The Morgan fingerprint density at radius 3 is 2.56 bits per heavy atom. The van der Waals surface area contributed by atoms with Crippen molar-refractivity contribution in [3.8, 4) is 0 Å². The predicted octanol–water partition coefficient (Wildman–Crippen LogP) is 3.45. The van der Waals surface area contributed by atoms with Gasteiger partial charge in [0.25, 0.3) is 0 Å². The fourth-order valence-electron chi connectivity index (χ4n) is 2.55. The molecule has 3 N–H and O–H groups in total. The lowest BCUT2D eigenvalue weighted by Gasteiger charge is -2.25. The topological polar surface area (TPSA) is 46.2 Å². The van der Waals surface area contributed by atoms with Gasteiger partial charge in [0.15, 0.2) is 0 Å². The van der Waals surface area contributed by atoms with E-state index in [1.807, 2.05) is 0 Å². The zero-order valence-electron chi connectivity index (χ0n) is 9.98. The summed E-state index contributed by atoms with van der Waals surface area (Å²) >= 11 is 5.71. The Kier molecular flexibility index (Phi) is 5.86. The number of hydrogen-bond acceptors (Lipinski definition) is 2. The van der Waals surface area contributed by atoms with E-state index in [0.29, 0.717) is 5.56 Å². The van der Waals surface area contributed by atoms with Crippen molar-refractivity contribution >= 4 is 24.0 Å². The molecule has 0 saturated heterocycles. The second kappa shape index (κ2) is 6.71. The van der Waals surface area contributed by atoms with Crippen LogP contribution >= 0.6 is 24.0 Å². The van der Waals surface area contributed by atoms with Crippen molar-refractivity contribution in [2.24, 2.45) is 11.7 Å². The van der Waals surface area contributed by atoms with Crippen LogP contribution in [0.5, 0.6) is 0 Å². The van der Waals surface area contributed by atoms with Gasteiger partial charge in [0, 0.05) is 5.56 Å². The minimum Gasteiger partial charge on any atom is -0.391 e. The zero-order valence-corrected chi connectivity index (χ0v) is 11.6. The molecule has 1 aromatic rings.